The summed E-state index contributed by atoms with van der Waals surface area (Å²) in [6, 6.07) is 0. The number of aliphatic hydroxyl groups is 2. The summed E-state index contributed by atoms with van der Waals surface area (Å²) >= 11 is 0. The highest BCUT2D eigenvalue weighted by molar-refractivity contribution is 7.45. The summed E-state index contributed by atoms with van der Waals surface area (Å²) in [6.07, 6.45) is 33.8. The maximum absolute atomic E-state index is 12.7. The van der Waals surface area contributed by atoms with E-state index in [0.29, 0.717) is 36.9 Å². The van der Waals surface area contributed by atoms with Crippen LogP contribution < -0.4 is 4.89 Å². The van der Waals surface area contributed by atoms with Gasteiger partial charge in [-0.1, -0.05) is 134 Å². The van der Waals surface area contributed by atoms with Crippen molar-refractivity contribution in [2.75, 3.05) is 54.1 Å². The Labute approximate surface area is 338 Å². The number of esters is 1. The number of phosphoric acid groups is 1. The number of carbonyl (C=O) groups excluding carboxylic acids is 1. The molecule has 0 bridgehead atoms. The molecule has 0 fully saturated rings. The number of carbonyl (C=O) groups is 1. The second-order valence-electron chi connectivity index (χ2n) is 16.4. The lowest BCUT2D eigenvalue weighted by Gasteiger charge is -2.28. The molecule has 55 heavy (non-hydrogen) atoms. The van der Waals surface area contributed by atoms with Crippen molar-refractivity contribution < 1.29 is 47.5 Å². The number of allylic oxidation sites excluding steroid dienone is 3. The Morgan fingerprint density at radius 3 is 1.73 bits per heavy atom. The van der Waals surface area contributed by atoms with Gasteiger partial charge in [0.2, 0.25) is 0 Å². The highest BCUT2D eigenvalue weighted by atomic mass is 31.2. The molecule has 0 amide bonds. The van der Waals surface area contributed by atoms with Crippen LogP contribution >= 0.6 is 7.82 Å². The molecule has 0 aliphatic rings. The second kappa shape index (κ2) is 37.2. The molecule has 0 radical (unpaired) electrons. The maximum Gasteiger partial charge on any atom is 0.306 e. The van der Waals surface area contributed by atoms with E-state index < -0.39 is 26.1 Å². The molecule has 0 rings (SSSR count). The summed E-state index contributed by atoms with van der Waals surface area (Å²) in [4.78, 5) is 25.0. The van der Waals surface area contributed by atoms with Crippen LogP contribution in [-0.4, -0.2) is 93.1 Å². The Morgan fingerprint density at radius 1 is 0.636 bits per heavy atom. The van der Waals surface area contributed by atoms with Crippen LogP contribution in [0.1, 0.15) is 181 Å². The van der Waals surface area contributed by atoms with Crippen LogP contribution in [0, 0.1) is 0 Å². The minimum Gasteiger partial charge on any atom is -0.756 e. The van der Waals surface area contributed by atoms with Crippen molar-refractivity contribution in [1.29, 1.82) is 0 Å². The van der Waals surface area contributed by atoms with Gasteiger partial charge in [-0.2, -0.15) is 0 Å². The summed E-state index contributed by atoms with van der Waals surface area (Å²) in [7, 11) is 1.28. The van der Waals surface area contributed by atoms with Gasteiger partial charge in [-0.15, -0.1) is 0 Å². The number of hydrogen-bond acceptors (Lipinski definition) is 9. The van der Waals surface area contributed by atoms with Gasteiger partial charge in [-0.3, -0.25) is 9.36 Å². The fourth-order valence-electron chi connectivity index (χ4n) is 6.03. The van der Waals surface area contributed by atoms with Gasteiger partial charge in [-0.05, 0) is 64.2 Å². The Balaban J connectivity index is 4.33. The summed E-state index contributed by atoms with van der Waals surface area (Å²) in [5.41, 5.74) is 0. The van der Waals surface area contributed by atoms with E-state index in [1.165, 1.54) is 64.2 Å². The lowest BCUT2D eigenvalue weighted by Crippen LogP contribution is -2.37. The Kier molecular flexibility index (Phi) is 36.4. The third-order valence-electron chi connectivity index (χ3n) is 9.68. The van der Waals surface area contributed by atoms with E-state index in [1.807, 2.05) is 27.2 Å². The number of unbranched alkanes of at least 4 members (excludes halogenated alkanes) is 19. The molecule has 0 heterocycles. The lowest BCUT2D eigenvalue weighted by atomic mass is 10.0. The number of aliphatic hydroxyl groups excluding tert-OH is 2. The van der Waals surface area contributed by atoms with Crippen LogP contribution in [0.5, 0.6) is 0 Å². The molecule has 0 aromatic carbocycles. The zero-order valence-electron chi connectivity index (χ0n) is 36.1. The first kappa shape index (κ1) is 53.9. The van der Waals surface area contributed by atoms with E-state index in [1.54, 1.807) is 0 Å². The number of phosphoric ester groups is 1. The molecule has 0 spiro atoms. The average Bonchev–Trinajstić information content (AvgIpc) is 3.13. The standard InChI is InChI=1S/C44H86NO9P/c1-6-8-10-11-12-13-14-15-16-17-18-19-22-25-28-32-37-51-39-41(40-53-55(49,50)52-38-36-45(3,4)5)54-44(48)35-31-27-24-21-20-23-26-30-34-43(47)42(46)33-29-9-7-2/h15-16,26,30,41-43,46-47H,6-14,17-25,27-29,31-40H2,1-5H3/b16-15-,30-26-. The summed E-state index contributed by atoms with van der Waals surface area (Å²) < 4.78 is 34.5. The van der Waals surface area contributed by atoms with E-state index in [4.69, 9.17) is 18.5 Å². The summed E-state index contributed by atoms with van der Waals surface area (Å²) in [6.45, 7) is 5.12. The fraction of sp³-hybridized carbons (Fsp3) is 0.886. The van der Waals surface area contributed by atoms with E-state index in [2.05, 4.69) is 32.1 Å². The monoisotopic (exact) mass is 804 g/mol. The molecule has 10 nitrogen and oxygen atoms in total. The molecule has 0 aromatic heterocycles. The molecule has 0 saturated heterocycles. The van der Waals surface area contributed by atoms with Gasteiger partial charge in [0.05, 0.1) is 46.6 Å². The maximum atomic E-state index is 12.7. The molecule has 0 aliphatic heterocycles. The van der Waals surface area contributed by atoms with Gasteiger partial charge in [-0.25, -0.2) is 0 Å². The van der Waals surface area contributed by atoms with Crippen molar-refractivity contribution in [2.45, 2.75) is 199 Å². The highest BCUT2D eigenvalue weighted by Gasteiger charge is 2.20. The zero-order chi connectivity index (χ0) is 40.9. The summed E-state index contributed by atoms with van der Waals surface area (Å²) in [5.74, 6) is -0.389. The Morgan fingerprint density at radius 2 is 1.15 bits per heavy atom. The van der Waals surface area contributed by atoms with Gasteiger partial charge in [0, 0.05) is 13.0 Å². The van der Waals surface area contributed by atoms with E-state index in [9.17, 15) is 24.5 Å². The third-order valence-corrected chi connectivity index (χ3v) is 10.6. The Hall–Kier alpha value is -1.10. The molecule has 4 unspecified atom stereocenters. The smallest absolute Gasteiger partial charge is 0.306 e. The zero-order valence-corrected chi connectivity index (χ0v) is 37.0. The van der Waals surface area contributed by atoms with Crippen LogP contribution in [0.25, 0.3) is 0 Å². The lowest BCUT2D eigenvalue weighted by molar-refractivity contribution is -0.870. The first-order valence-corrected chi connectivity index (χ1v) is 23.7. The van der Waals surface area contributed by atoms with E-state index >= 15 is 0 Å². The van der Waals surface area contributed by atoms with Crippen LogP contribution in [0.4, 0.5) is 0 Å². The summed E-state index contributed by atoms with van der Waals surface area (Å²) in [5, 5.41) is 20.1. The van der Waals surface area contributed by atoms with Crippen molar-refractivity contribution in [3.8, 4) is 0 Å². The quantitative estimate of drug-likeness (QED) is 0.0204. The molecule has 11 heteroatoms. The number of likely N-dealkylation sites (N-methyl/N-ethyl adjacent to an activating group) is 1. The van der Waals surface area contributed by atoms with Crippen molar-refractivity contribution in [2.24, 2.45) is 0 Å². The van der Waals surface area contributed by atoms with E-state index in [0.717, 1.165) is 77.0 Å². The van der Waals surface area contributed by atoms with Crippen molar-refractivity contribution in [3.05, 3.63) is 24.3 Å². The number of ether oxygens (including phenoxy) is 2. The largest absolute Gasteiger partial charge is 0.756 e. The SMILES string of the molecule is CCCCCCCC/C=C\CCCCCCCCOCC(COP(=O)([O-])OCC[N+](C)(C)C)OC(=O)CCCCCCC/C=C\CC(O)C(O)CCCCC. The molecule has 4 atom stereocenters. The van der Waals surface area contributed by atoms with Gasteiger partial charge in [0.15, 0.2) is 0 Å². The highest BCUT2D eigenvalue weighted by Crippen LogP contribution is 2.38. The molecule has 326 valence electrons. The van der Waals surface area contributed by atoms with E-state index in [-0.39, 0.29) is 32.2 Å². The first-order valence-electron chi connectivity index (χ1n) is 22.2. The first-order chi connectivity index (χ1) is 26.4. The molecule has 0 saturated carbocycles. The minimum absolute atomic E-state index is 0.00390. The topological polar surface area (TPSA) is 135 Å². The average molecular weight is 804 g/mol. The van der Waals surface area contributed by atoms with Gasteiger partial charge < -0.3 is 38.1 Å². The molecule has 0 aromatic rings. The molecule has 0 aliphatic carbocycles. The van der Waals surface area contributed by atoms with Gasteiger partial charge in [0.1, 0.15) is 19.3 Å². The van der Waals surface area contributed by atoms with Crippen molar-refractivity contribution in [3.63, 3.8) is 0 Å². The normalized spacial score (nSPS) is 15.1. The number of quaternary nitrogens is 1. The number of hydrogen-bond donors (Lipinski definition) is 2. The fourth-order valence-corrected chi connectivity index (χ4v) is 6.76. The molecule has 2 N–H and O–H groups in total. The predicted octanol–water partition coefficient (Wildman–Crippen LogP) is 10.1. The van der Waals surface area contributed by atoms with Gasteiger partial charge >= 0.3 is 5.97 Å². The van der Waals surface area contributed by atoms with Crippen molar-refractivity contribution in [1.82, 2.24) is 0 Å². The van der Waals surface area contributed by atoms with Crippen LogP contribution in [0.3, 0.4) is 0 Å². The number of rotatable bonds is 41. The third kappa shape index (κ3) is 39.5. The Bertz CT molecular complexity index is 971. The van der Waals surface area contributed by atoms with Crippen LogP contribution in [-0.2, 0) is 27.9 Å². The predicted molar refractivity (Wildman–Crippen MR) is 225 cm³/mol. The minimum atomic E-state index is -4.55. The number of nitrogens with zero attached hydrogens (tertiary/aromatic N) is 1. The van der Waals surface area contributed by atoms with Gasteiger partial charge in [0.25, 0.3) is 7.82 Å². The van der Waals surface area contributed by atoms with Crippen molar-refractivity contribution >= 4 is 13.8 Å². The van der Waals surface area contributed by atoms with Crippen LogP contribution in [0.2, 0.25) is 0 Å². The molecular formula is C44H86NO9P. The second-order valence-corrected chi connectivity index (χ2v) is 17.8. The van der Waals surface area contributed by atoms with Crippen LogP contribution in [0.15, 0.2) is 24.3 Å². The molecular weight excluding hydrogens is 717 g/mol.